The number of aromatic amines is 2. The lowest BCUT2D eigenvalue weighted by atomic mass is 9.81. The molecule has 0 saturated heterocycles. The number of fused-ring (bicyclic) bond motifs is 2. The van der Waals surface area contributed by atoms with Crippen molar-refractivity contribution in [3.05, 3.63) is 64.7 Å². The molecule has 1 aliphatic heterocycles. The van der Waals surface area contributed by atoms with E-state index in [-0.39, 0.29) is 17.6 Å². The molecule has 2 unspecified atom stereocenters. The van der Waals surface area contributed by atoms with Gasteiger partial charge in [0.2, 0.25) is 5.78 Å². The van der Waals surface area contributed by atoms with Gasteiger partial charge in [-0.2, -0.15) is 5.06 Å². The quantitative estimate of drug-likeness (QED) is 0.466. The van der Waals surface area contributed by atoms with Crippen LogP contribution in [0.25, 0.3) is 11.1 Å². The normalized spacial score (nSPS) is 21.5. The van der Waals surface area contributed by atoms with Crippen molar-refractivity contribution in [2.45, 2.75) is 12.5 Å². The fourth-order valence-corrected chi connectivity index (χ4v) is 4.01. The van der Waals surface area contributed by atoms with E-state index in [2.05, 4.69) is 9.97 Å². The first-order valence-corrected chi connectivity index (χ1v) is 7.95. The molecule has 3 heterocycles. The summed E-state index contributed by atoms with van der Waals surface area (Å²) in [6.45, 7) is 0.600. The number of H-pyrrole nitrogens is 2. The zero-order valence-electron chi connectivity index (χ0n) is 12.8. The molecule has 0 spiro atoms. The monoisotopic (exact) mass is 322 g/mol. The van der Waals surface area contributed by atoms with Crippen LogP contribution in [0, 0.1) is 0 Å². The van der Waals surface area contributed by atoms with Crippen LogP contribution in [0.2, 0.25) is 0 Å². The molecule has 2 aliphatic rings. The summed E-state index contributed by atoms with van der Waals surface area (Å²) in [5.74, 6) is 0.128. The minimum atomic E-state index is -0.280. The maximum Gasteiger partial charge on any atom is 0.226 e. The average molecular weight is 322 g/mol. The summed E-state index contributed by atoms with van der Waals surface area (Å²) >= 11 is 0. The Kier molecular flexibility index (Phi) is 2.60. The molecule has 2 aromatic heterocycles. The lowest BCUT2D eigenvalue weighted by Crippen LogP contribution is -3.11. The Labute approximate surface area is 137 Å². The van der Waals surface area contributed by atoms with Crippen LogP contribution in [-0.4, -0.2) is 32.6 Å². The molecule has 0 bridgehead atoms. The number of quaternary nitrogens is 1. The average Bonchev–Trinajstić information content (AvgIpc) is 3.20. The van der Waals surface area contributed by atoms with Gasteiger partial charge in [-0.1, -0.05) is 12.1 Å². The minimum absolute atomic E-state index is 0.0674. The molecule has 3 aromatic rings. The van der Waals surface area contributed by atoms with Gasteiger partial charge in [0.15, 0.2) is 6.04 Å². The van der Waals surface area contributed by atoms with E-state index in [1.54, 1.807) is 12.1 Å². The van der Waals surface area contributed by atoms with E-state index < -0.39 is 0 Å². The zero-order valence-corrected chi connectivity index (χ0v) is 12.8. The maximum absolute atomic E-state index is 12.8. The Morgan fingerprint density at radius 2 is 1.75 bits per heavy atom. The second-order valence-corrected chi connectivity index (χ2v) is 6.39. The Hall–Kier alpha value is -2.83. The van der Waals surface area contributed by atoms with Crippen molar-refractivity contribution in [2.24, 2.45) is 0 Å². The fraction of sp³-hybridized carbons (Fsp3) is 0.167. The predicted octanol–water partition coefficient (Wildman–Crippen LogP) is 1.18. The summed E-state index contributed by atoms with van der Waals surface area (Å²) in [4.78, 5) is 19.0. The van der Waals surface area contributed by atoms with Crippen molar-refractivity contribution in [1.29, 1.82) is 0 Å². The van der Waals surface area contributed by atoms with Crippen LogP contribution >= 0.6 is 0 Å². The number of aromatic nitrogens is 2. The Bertz CT molecular complexity index is 968. The molecule has 1 aromatic carbocycles. The Morgan fingerprint density at radius 3 is 2.54 bits per heavy atom. The molecule has 6 heteroatoms. The molecule has 0 radical (unpaired) electrons. The number of benzene rings is 1. The summed E-state index contributed by atoms with van der Waals surface area (Å²) in [5, 5.41) is 20.5. The van der Waals surface area contributed by atoms with Gasteiger partial charge in [0.05, 0.1) is 17.0 Å². The van der Waals surface area contributed by atoms with Crippen LogP contribution in [0.3, 0.4) is 0 Å². The van der Waals surface area contributed by atoms with Gasteiger partial charge in [0.25, 0.3) is 0 Å². The molecule has 24 heavy (non-hydrogen) atoms. The number of phenols is 1. The molecule has 6 nitrogen and oxygen atoms in total. The molecule has 0 fully saturated rings. The van der Waals surface area contributed by atoms with Gasteiger partial charge in [-0.15, -0.1) is 0 Å². The Balaban J connectivity index is 1.77. The topological polar surface area (TPSA) is 93.5 Å². The highest BCUT2D eigenvalue weighted by Gasteiger charge is 2.45. The molecule has 2 atom stereocenters. The third-order valence-electron chi connectivity index (χ3n) is 5.12. The molecule has 5 N–H and O–H groups in total. The number of hydrogen-bond acceptors (Lipinski definition) is 3. The van der Waals surface area contributed by atoms with Crippen molar-refractivity contribution in [1.82, 2.24) is 9.97 Å². The highest BCUT2D eigenvalue weighted by atomic mass is 16.5. The summed E-state index contributed by atoms with van der Waals surface area (Å²) in [7, 11) is 0. The van der Waals surface area contributed by atoms with Gasteiger partial charge in [-0.25, -0.2) is 5.21 Å². The second kappa shape index (κ2) is 4.59. The van der Waals surface area contributed by atoms with E-state index in [1.807, 2.05) is 24.5 Å². The Morgan fingerprint density at radius 1 is 1.04 bits per heavy atom. The number of carbonyl (C=O) groups excluding carboxylic acids is 1. The first kappa shape index (κ1) is 13.6. The number of hydroxylamine groups is 2. The first-order chi connectivity index (χ1) is 11.6. The molecular weight excluding hydrogens is 306 g/mol. The number of aromatic hydroxyl groups is 1. The SMILES string of the molecule is O=C1c2[nH]cc3c2C(c2c(-c4ccc(O)cc4)c[nH]c21)[NH+](O)CC3. The summed E-state index contributed by atoms with van der Waals surface area (Å²) < 4.78 is 0. The number of carbonyl (C=O) groups is 1. The molecule has 5 rings (SSSR count). The highest BCUT2D eigenvalue weighted by molar-refractivity contribution is 6.11. The zero-order chi connectivity index (χ0) is 16.4. The van der Waals surface area contributed by atoms with E-state index in [9.17, 15) is 15.1 Å². The van der Waals surface area contributed by atoms with Gasteiger partial charge in [0, 0.05) is 29.9 Å². The van der Waals surface area contributed by atoms with Crippen LogP contribution in [0.5, 0.6) is 5.75 Å². The fourth-order valence-electron chi connectivity index (χ4n) is 4.01. The van der Waals surface area contributed by atoms with Gasteiger partial charge in [-0.3, -0.25) is 4.79 Å². The third kappa shape index (κ3) is 1.64. The standard InChI is InChI=1S/C18H15N3O3/c22-11-3-1-9(2-4-11)12-8-20-16-14(12)17-13-10(5-6-21(17)24)7-19-15(13)18(16)23/h1-4,7-8,17,19-20,22,24H,5-6H2/p+1. The predicted molar refractivity (Wildman–Crippen MR) is 85.3 cm³/mol. The number of nitrogens with one attached hydrogen (secondary N) is 3. The van der Waals surface area contributed by atoms with Gasteiger partial charge in [0.1, 0.15) is 12.3 Å². The largest absolute Gasteiger partial charge is 0.508 e. The summed E-state index contributed by atoms with van der Waals surface area (Å²) in [6, 6.07) is 6.60. The van der Waals surface area contributed by atoms with Crippen LogP contribution < -0.4 is 5.06 Å². The van der Waals surface area contributed by atoms with E-state index in [0.29, 0.717) is 23.0 Å². The van der Waals surface area contributed by atoms with Crippen molar-refractivity contribution in [2.75, 3.05) is 6.54 Å². The van der Waals surface area contributed by atoms with E-state index in [0.717, 1.165) is 34.2 Å². The highest BCUT2D eigenvalue weighted by Crippen LogP contribution is 2.41. The first-order valence-electron chi connectivity index (χ1n) is 7.95. The molecule has 120 valence electrons. The van der Waals surface area contributed by atoms with Crippen LogP contribution in [-0.2, 0) is 6.42 Å². The third-order valence-corrected chi connectivity index (χ3v) is 5.12. The number of phenolic OH excluding ortho intramolecular Hbond substituents is 1. The molecule has 0 saturated carbocycles. The van der Waals surface area contributed by atoms with Crippen molar-refractivity contribution in [3.63, 3.8) is 0 Å². The molecule has 0 amide bonds. The van der Waals surface area contributed by atoms with E-state index in [1.165, 1.54) is 0 Å². The van der Waals surface area contributed by atoms with Gasteiger partial charge >= 0.3 is 0 Å². The van der Waals surface area contributed by atoms with Gasteiger partial charge < -0.3 is 15.1 Å². The van der Waals surface area contributed by atoms with E-state index in [4.69, 9.17) is 0 Å². The van der Waals surface area contributed by atoms with Crippen molar-refractivity contribution in [3.8, 4) is 16.9 Å². The van der Waals surface area contributed by atoms with Gasteiger partial charge in [-0.05, 0) is 23.3 Å². The lowest BCUT2D eigenvalue weighted by Gasteiger charge is -2.31. The number of ketones is 1. The second-order valence-electron chi connectivity index (χ2n) is 6.39. The van der Waals surface area contributed by atoms with Crippen molar-refractivity contribution >= 4 is 5.78 Å². The number of hydrogen-bond donors (Lipinski definition) is 5. The van der Waals surface area contributed by atoms with Crippen LogP contribution in [0.1, 0.15) is 38.9 Å². The lowest BCUT2D eigenvalue weighted by molar-refractivity contribution is -1.11. The minimum Gasteiger partial charge on any atom is -0.508 e. The van der Waals surface area contributed by atoms with Crippen molar-refractivity contribution < 1.29 is 20.2 Å². The van der Waals surface area contributed by atoms with Crippen LogP contribution in [0.15, 0.2) is 36.7 Å². The smallest absolute Gasteiger partial charge is 0.226 e. The summed E-state index contributed by atoms with van der Waals surface area (Å²) in [5.41, 5.74) is 5.73. The van der Waals surface area contributed by atoms with Crippen LogP contribution in [0.4, 0.5) is 0 Å². The summed E-state index contributed by atoms with van der Waals surface area (Å²) in [6.07, 6.45) is 4.44. The maximum atomic E-state index is 12.8. The van der Waals surface area contributed by atoms with E-state index >= 15 is 0 Å². The molecular formula is C18H16N3O3+. The molecule has 1 aliphatic carbocycles. The number of rotatable bonds is 1.